The Balaban J connectivity index is 0.00000387. The number of anilines is 1. The Kier molecular flexibility index (Phi) is 9.38. The minimum atomic E-state index is -0.515. The Morgan fingerprint density at radius 3 is 2.29 bits per heavy atom. The van der Waals surface area contributed by atoms with Gasteiger partial charge in [0.2, 0.25) is 5.75 Å². The molecule has 2 heterocycles. The number of nitrogens with one attached hydrogen (secondary N) is 2. The van der Waals surface area contributed by atoms with Crippen LogP contribution in [0.15, 0.2) is 66.0 Å². The summed E-state index contributed by atoms with van der Waals surface area (Å²) in [5.41, 5.74) is 9.97. The number of amides is 1. The van der Waals surface area contributed by atoms with E-state index in [4.69, 9.17) is 18.9 Å². The van der Waals surface area contributed by atoms with Gasteiger partial charge in [0.15, 0.2) is 17.5 Å². The van der Waals surface area contributed by atoms with E-state index in [-0.39, 0.29) is 18.3 Å². The van der Waals surface area contributed by atoms with Crippen molar-refractivity contribution in [1.82, 2.24) is 9.36 Å². The van der Waals surface area contributed by atoms with Crippen molar-refractivity contribution in [1.29, 1.82) is 0 Å². The van der Waals surface area contributed by atoms with E-state index in [0.717, 1.165) is 39.0 Å². The van der Waals surface area contributed by atoms with Gasteiger partial charge in [-0.1, -0.05) is 24.3 Å². The molecule has 0 bridgehead atoms. The standard InChI is InChI=1S/C30H30N4O5S.ClH/c1-36-25-10-9-17(21-16-40-34-28(21)19-13-26(37-2)29(39-4)27(14-19)38-3)12-24(25)33-30(35)22(31)15-20-11-18-7-5-6-8-23(18)32-20;/h5-14,16,22,32H,15,31H2,1-4H3,(H,33,35);1H/t22-;/m0./s1. The number of carbonyl (C=O) groups is 1. The van der Waals surface area contributed by atoms with Crippen LogP contribution in [0.5, 0.6) is 23.0 Å². The van der Waals surface area contributed by atoms with Crippen molar-refractivity contribution in [2.24, 2.45) is 0 Å². The zero-order valence-electron chi connectivity index (χ0n) is 23.1. The number of methoxy groups -OCH3 is 4. The highest BCUT2D eigenvalue weighted by atomic mass is 35.5. The van der Waals surface area contributed by atoms with Gasteiger partial charge in [0.05, 0.1) is 39.8 Å². The molecule has 11 heteroatoms. The fourth-order valence-electron chi connectivity index (χ4n) is 4.68. The molecule has 0 fully saturated rings. The highest BCUT2D eigenvalue weighted by Gasteiger charge is 2.22. The molecule has 0 aliphatic heterocycles. The maximum absolute atomic E-state index is 13.2. The van der Waals surface area contributed by atoms with Crippen molar-refractivity contribution >= 4 is 34.0 Å². The summed E-state index contributed by atoms with van der Waals surface area (Å²) in [7, 11) is 6.30. The minimum absolute atomic E-state index is 0. The van der Waals surface area contributed by atoms with E-state index in [9.17, 15) is 4.79 Å². The zero-order valence-corrected chi connectivity index (χ0v) is 24.7. The third-order valence-corrected chi connectivity index (χ3v) is 7.33. The largest absolute Gasteiger partial charge is 1.00 e. The molecule has 0 spiro atoms. The monoisotopic (exact) mass is 594 g/mol. The number of rotatable bonds is 10. The van der Waals surface area contributed by atoms with Crippen molar-refractivity contribution < 1.29 is 41.9 Å². The Bertz CT molecular complexity index is 1610. The second-order valence-electron chi connectivity index (χ2n) is 9.18. The van der Waals surface area contributed by atoms with Crippen molar-refractivity contribution in [3.05, 3.63) is 71.7 Å². The van der Waals surface area contributed by atoms with Crippen LogP contribution in [0.1, 0.15) is 5.69 Å². The van der Waals surface area contributed by atoms with Crippen LogP contribution in [0.3, 0.4) is 0 Å². The molecule has 1 atom stereocenters. The lowest BCUT2D eigenvalue weighted by atomic mass is 10.0. The summed E-state index contributed by atoms with van der Waals surface area (Å²) in [6, 6.07) is 18.9. The molecule has 3 aromatic carbocycles. The average molecular weight is 595 g/mol. The van der Waals surface area contributed by atoms with Crippen molar-refractivity contribution in [3.8, 4) is 45.4 Å². The molecule has 9 nitrogen and oxygen atoms in total. The van der Waals surface area contributed by atoms with E-state index in [0.29, 0.717) is 35.1 Å². The van der Waals surface area contributed by atoms with Crippen LogP contribution in [-0.4, -0.2) is 49.7 Å². The molecular formula is C30H31ClN4O5S. The first-order valence-electron chi connectivity index (χ1n) is 12.6. The van der Waals surface area contributed by atoms with E-state index in [1.54, 1.807) is 28.4 Å². The minimum Gasteiger partial charge on any atom is -1.00 e. The molecular weight excluding hydrogens is 564 g/mol. The normalized spacial score (nSPS) is 11.4. The van der Waals surface area contributed by atoms with Gasteiger partial charge in [0, 0.05) is 34.1 Å². The van der Waals surface area contributed by atoms with Gasteiger partial charge in [-0.2, -0.15) is 4.37 Å². The summed E-state index contributed by atoms with van der Waals surface area (Å²) >= 11 is 1.34. The van der Waals surface area contributed by atoms with Crippen molar-refractivity contribution in [3.63, 3.8) is 0 Å². The Labute approximate surface area is 248 Å². The summed E-state index contributed by atoms with van der Waals surface area (Å²) < 4.78 is 26.7. The van der Waals surface area contributed by atoms with Gasteiger partial charge < -0.3 is 47.4 Å². The first-order valence-corrected chi connectivity index (χ1v) is 13.4. The third kappa shape index (κ3) is 6.09. The second kappa shape index (κ2) is 12.9. The number of ether oxygens (including phenoxy) is 4. The van der Waals surface area contributed by atoms with Gasteiger partial charge in [0.25, 0.3) is 5.91 Å². The van der Waals surface area contributed by atoms with Crippen LogP contribution in [0.25, 0.3) is 33.3 Å². The predicted molar refractivity (Wildman–Crippen MR) is 157 cm³/mol. The van der Waals surface area contributed by atoms with Crippen LogP contribution in [0.4, 0.5) is 5.69 Å². The van der Waals surface area contributed by atoms with E-state index in [1.165, 1.54) is 11.5 Å². The van der Waals surface area contributed by atoms with Crippen LogP contribution < -0.4 is 42.4 Å². The molecule has 0 saturated heterocycles. The van der Waals surface area contributed by atoms with Gasteiger partial charge in [-0.05, 0) is 58.9 Å². The number of aromatic nitrogens is 2. The van der Waals surface area contributed by atoms with Gasteiger partial charge >= 0.3 is 0 Å². The summed E-state index contributed by atoms with van der Waals surface area (Å²) in [6.07, 6.45) is 0.474. The lowest BCUT2D eigenvalue weighted by Gasteiger charge is -2.15. The SMILES string of the molecule is COc1ccc(-c2csnc2-c2cc(OC)c(OC)c(OC)c2)cc1NC(=O)[C@@H]([NH3+])Cc1cc2ccccc2[nH]1.[Cl-]. The van der Waals surface area contributed by atoms with Crippen LogP contribution in [-0.2, 0) is 11.2 Å². The molecule has 0 radical (unpaired) electrons. The Morgan fingerprint density at radius 2 is 1.63 bits per heavy atom. The quantitative estimate of drug-likeness (QED) is 0.227. The molecule has 5 rings (SSSR count). The fraction of sp³-hybridized carbons (Fsp3) is 0.200. The first-order chi connectivity index (χ1) is 19.4. The number of benzene rings is 3. The fourth-order valence-corrected chi connectivity index (χ4v) is 5.39. The Hall–Kier alpha value is -4.25. The molecule has 5 aromatic rings. The number of fused-ring (bicyclic) bond motifs is 1. The number of nitrogens with zero attached hydrogens (tertiary/aromatic N) is 1. The molecule has 2 aromatic heterocycles. The topological polar surface area (TPSA) is 122 Å². The van der Waals surface area contributed by atoms with Crippen LogP contribution >= 0.6 is 11.5 Å². The van der Waals surface area contributed by atoms with Gasteiger partial charge in [-0.25, -0.2) is 0 Å². The lowest BCUT2D eigenvalue weighted by Crippen LogP contribution is -3.00. The molecule has 5 N–H and O–H groups in total. The summed E-state index contributed by atoms with van der Waals surface area (Å²) in [6.45, 7) is 0. The summed E-state index contributed by atoms with van der Waals surface area (Å²) in [5.74, 6) is 1.93. The smallest absolute Gasteiger partial charge is 0.283 e. The van der Waals surface area contributed by atoms with Gasteiger partial charge in [0.1, 0.15) is 5.75 Å². The molecule has 0 aliphatic carbocycles. The van der Waals surface area contributed by atoms with E-state index < -0.39 is 6.04 Å². The van der Waals surface area contributed by atoms with Gasteiger partial charge in [-0.15, -0.1) is 0 Å². The maximum atomic E-state index is 13.2. The van der Waals surface area contributed by atoms with Crippen LogP contribution in [0, 0.1) is 0 Å². The number of quaternary nitrogens is 1. The number of H-pyrrole nitrogens is 1. The number of hydrogen-bond acceptors (Lipinski definition) is 7. The predicted octanol–water partition coefficient (Wildman–Crippen LogP) is 1.79. The number of aromatic amines is 1. The first kappa shape index (κ1) is 29.7. The van der Waals surface area contributed by atoms with Crippen molar-refractivity contribution in [2.75, 3.05) is 33.8 Å². The number of carbonyl (C=O) groups excluding carboxylic acids is 1. The summed E-state index contributed by atoms with van der Waals surface area (Å²) in [5, 5.41) is 6.08. The highest BCUT2D eigenvalue weighted by molar-refractivity contribution is 7.04. The van der Waals surface area contributed by atoms with Crippen molar-refractivity contribution in [2.45, 2.75) is 12.5 Å². The number of hydrogen-bond donors (Lipinski definition) is 3. The second-order valence-corrected chi connectivity index (χ2v) is 9.81. The molecule has 0 saturated carbocycles. The highest BCUT2D eigenvalue weighted by Crippen LogP contribution is 2.44. The maximum Gasteiger partial charge on any atom is 0.283 e. The Morgan fingerprint density at radius 1 is 0.927 bits per heavy atom. The molecule has 41 heavy (non-hydrogen) atoms. The molecule has 0 aliphatic rings. The third-order valence-electron chi connectivity index (χ3n) is 6.70. The van der Waals surface area contributed by atoms with E-state index in [2.05, 4.69) is 26.5 Å². The van der Waals surface area contributed by atoms with Crippen LogP contribution in [0.2, 0.25) is 0 Å². The van der Waals surface area contributed by atoms with E-state index >= 15 is 0 Å². The number of para-hydroxylation sites is 1. The van der Waals surface area contributed by atoms with Gasteiger partial charge in [-0.3, -0.25) is 4.79 Å². The number of halogens is 1. The lowest BCUT2D eigenvalue weighted by molar-refractivity contribution is -0.402. The molecule has 1 amide bonds. The zero-order chi connectivity index (χ0) is 28.2. The van der Waals surface area contributed by atoms with E-state index in [1.807, 2.05) is 60.0 Å². The average Bonchev–Trinajstić information content (AvgIpc) is 3.63. The molecule has 214 valence electrons. The molecule has 0 unspecified atom stereocenters. The summed E-state index contributed by atoms with van der Waals surface area (Å²) in [4.78, 5) is 16.6.